The number of carbonyl (C=O) groups excluding carboxylic acids is 2. The molecule has 0 aliphatic heterocycles. The number of ether oxygens (including phenoxy) is 1. The second-order valence-electron chi connectivity index (χ2n) is 5.85. The number of aromatic nitrogens is 4. The van der Waals surface area contributed by atoms with E-state index < -0.39 is 41.8 Å². The lowest BCUT2D eigenvalue weighted by atomic mass is 10.2. The molecule has 0 spiro atoms. The molecule has 25 heavy (non-hydrogen) atoms. The summed E-state index contributed by atoms with van der Waals surface area (Å²) in [6.45, 7) is 2.47. The van der Waals surface area contributed by atoms with Crippen LogP contribution < -0.4 is 10.9 Å². The number of aliphatic hydroxyl groups is 2. The Hall–Kier alpha value is -2.79. The van der Waals surface area contributed by atoms with Crippen LogP contribution in [0.4, 0.5) is 5.95 Å². The highest BCUT2D eigenvalue weighted by Crippen LogP contribution is 2.34. The molecule has 2 aromatic heterocycles. The van der Waals surface area contributed by atoms with E-state index >= 15 is 0 Å². The van der Waals surface area contributed by atoms with Crippen LogP contribution in [0.2, 0.25) is 0 Å². The van der Waals surface area contributed by atoms with Gasteiger partial charge in [-0.05, 0) is 0 Å². The number of fused-ring (bicyclic) bond motifs is 1. The Labute approximate surface area is 140 Å². The van der Waals surface area contributed by atoms with Crippen LogP contribution in [0.3, 0.4) is 0 Å². The fourth-order valence-corrected chi connectivity index (χ4v) is 2.97. The zero-order chi connectivity index (χ0) is 18.3. The molecule has 4 unspecified atom stereocenters. The minimum absolute atomic E-state index is 0.0201. The Morgan fingerprint density at radius 3 is 2.72 bits per heavy atom. The maximum absolute atomic E-state index is 12.1. The molecular weight excluding hydrogens is 334 g/mol. The number of H-pyrrole nitrogens is 1. The Morgan fingerprint density at radius 2 is 2.08 bits per heavy atom. The molecule has 1 amide bonds. The summed E-state index contributed by atoms with van der Waals surface area (Å²) in [6, 6.07) is -0.705. The second kappa shape index (κ2) is 6.26. The summed E-state index contributed by atoms with van der Waals surface area (Å²) in [7, 11) is 0. The number of carbonyl (C=O) groups is 2. The van der Waals surface area contributed by atoms with Gasteiger partial charge in [-0.3, -0.25) is 24.7 Å². The first-order chi connectivity index (χ1) is 11.8. The lowest BCUT2D eigenvalue weighted by molar-refractivity contribution is -0.152. The Bertz CT molecular complexity index is 889. The van der Waals surface area contributed by atoms with Gasteiger partial charge >= 0.3 is 5.97 Å². The molecule has 0 radical (unpaired) electrons. The number of rotatable bonds is 3. The summed E-state index contributed by atoms with van der Waals surface area (Å²) in [5.74, 6) is -1.05. The molecule has 2 heterocycles. The van der Waals surface area contributed by atoms with E-state index in [0.717, 1.165) is 0 Å². The van der Waals surface area contributed by atoms with Crippen molar-refractivity contribution < 1.29 is 24.5 Å². The standard InChI is InChI=1S/C14H17N5O6/c1-5(20)16-14-17-12-9(13(24)18-14)15-4-19(12)7-3-8(25-6(2)21)11(23)10(7)22/h4,7-8,10-11,22-23H,3H2,1-2H3,(H2,16,17,18,20,24). The molecule has 11 heteroatoms. The molecule has 1 saturated carbocycles. The van der Waals surface area contributed by atoms with Crippen molar-refractivity contribution in [1.82, 2.24) is 19.5 Å². The first-order valence-corrected chi connectivity index (χ1v) is 7.55. The molecule has 4 N–H and O–H groups in total. The third kappa shape index (κ3) is 3.10. The molecule has 1 aliphatic carbocycles. The number of nitrogens with zero attached hydrogens (tertiary/aromatic N) is 3. The number of hydrogen-bond acceptors (Lipinski definition) is 8. The van der Waals surface area contributed by atoms with Gasteiger partial charge in [-0.1, -0.05) is 0 Å². The summed E-state index contributed by atoms with van der Waals surface area (Å²) in [4.78, 5) is 44.8. The molecule has 11 nitrogen and oxygen atoms in total. The largest absolute Gasteiger partial charge is 0.460 e. The van der Waals surface area contributed by atoms with E-state index in [0.29, 0.717) is 0 Å². The van der Waals surface area contributed by atoms with Crippen LogP contribution in [0.25, 0.3) is 11.2 Å². The van der Waals surface area contributed by atoms with Crippen molar-refractivity contribution in [3.8, 4) is 0 Å². The van der Waals surface area contributed by atoms with Gasteiger partial charge in [0.05, 0.1) is 12.4 Å². The number of aliphatic hydroxyl groups excluding tert-OH is 2. The first kappa shape index (κ1) is 17.0. The van der Waals surface area contributed by atoms with Crippen molar-refractivity contribution in [3.63, 3.8) is 0 Å². The SMILES string of the molecule is CC(=O)Nc1nc2c(ncn2C2CC(OC(C)=O)C(O)C2O)c(=O)[nH]1. The Kier molecular flexibility index (Phi) is 4.27. The van der Waals surface area contributed by atoms with Crippen LogP contribution in [0.15, 0.2) is 11.1 Å². The van der Waals surface area contributed by atoms with Gasteiger partial charge in [0, 0.05) is 20.3 Å². The Balaban J connectivity index is 2.01. The topological polar surface area (TPSA) is 159 Å². The smallest absolute Gasteiger partial charge is 0.302 e. The van der Waals surface area contributed by atoms with Gasteiger partial charge in [0.2, 0.25) is 11.9 Å². The fourth-order valence-electron chi connectivity index (χ4n) is 2.97. The van der Waals surface area contributed by atoms with E-state index in [1.807, 2.05) is 0 Å². The maximum atomic E-state index is 12.1. The second-order valence-corrected chi connectivity index (χ2v) is 5.85. The monoisotopic (exact) mass is 351 g/mol. The number of amides is 1. The lowest BCUT2D eigenvalue weighted by Crippen LogP contribution is -2.33. The van der Waals surface area contributed by atoms with Gasteiger partial charge in [-0.2, -0.15) is 4.98 Å². The number of esters is 1. The summed E-state index contributed by atoms with van der Waals surface area (Å²) in [5, 5.41) is 22.7. The number of hydrogen-bond donors (Lipinski definition) is 4. The van der Waals surface area contributed by atoms with Gasteiger partial charge < -0.3 is 19.5 Å². The number of aromatic amines is 1. The van der Waals surface area contributed by atoms with E-state index in [1.54, 1.807) is 0 Å². The first-order valence-electron chi connectivity index (χ1n) is 7.55. The van der Waals surface area contributed by atoms with E-state index in [1.165, 1.54) is 24.7 Å². The summed E-state index contributed by atoms with van der Waals surface area (Å²) in [6.07, 6.45) is -1.97. The van der Waals surface area contributed by atoms with E-state index in [4.69, 9.17) is 4.74 Å². The van der Waals surface area contributed by atoms with Gasteiger partial charge in [0.15, 0.2) is 11.2 Å². The molecule has 1 fully saturated rings. The summed E-state index contributed by atoms with van der Waals surface area (Å²) >= 11 is 0. The van der Waals surface area contributed by atoms with E-state index in [9.17, 15) is 24.6 Å². The third-order valence-corrected chi connectivity index (χ3v) is 4.00. The van der Waals surface area contributed by atoms with Crippen molar-refractivity contribution in [2.24, 2.45) is 0 Å². The molecule has 4 atom stereocenters. The number of imidazole rings is 1. The minimum Gasteiger partial charge on any atom is -0.460 e. The zero-order valence-corrected chi connectivity index (χ0v) is 13.5. The highest BCUT2D eigenvalue weighted by atomic mass is 16.6. The molecular formula is C14H17N5O6. The van der Waals surface area contributed by atoms with E-state index in [2.05, 4.69) is 20.3 Å². The maximum Gasteiger partial charge on any atom is 0.302 e. The molecule has 3 rings (SSSR count). The lowest BCUT2D eigenvalue weighted by Gasteiger charge is -2.17. The summed E-state index contributed by atoms with van der Waals surface area (Å²) in [5.41, 5.74) is -0.406. The highest BCUT2D eigenvalue weighted by Gasteiger charge is 2.45. The summed E-state index contributed by atoms with van der Waals surface area (Å²) < 4.78 is 6.43. The molecule has 0 aromatic carbocycles. The predicted molar refractivity (Wildman–Crippen MR) is 83.7 cm³/mol. The third-order valence-electron chi connectivity index (χ3n) is 4.00. The fraction of sp³-hybridized carbons (Fsp3) is 0.500. The van der Waals surface area contributed by atoms with Gasteiger partial charge in [0.1, 0.15) is 18.3 Å². The molecule has 2 aromatic rings. The van der Waals surface area contributed by atoms with Crippen LogP contribution in [0.1, 0.15) is 26.3 Å². The van der Waals surface area contributed by atoms with Crippen molar-refractivity contribution in [3.05, 3.63) is 16.7 Å². The van der Waals surface area contributed by atoms with Crippen LogP contribution in [-0.2, 0) is 14.3 Å². The number of anilines is 1. The molecule has 0 bridgehead atoms. The van der Waals surface area contributed by atoms with Crippen LogP contribution in [-0.4, -0.2) is 59.9 Å². The van der Waals surface area contributed by atoms with Crippen molar-refractivity contribution in [1.29, 1.82) is 0 Å². The van der Waals surface area contributed by atoms with Gasteiger partial charge in [0.25, 0.3) is 5.56 Å². The predicted octanol–water partition coefficient (Wildman–Crippen LogP) is -1.32. The van der Waals surface area contributed by atoms with Gasteiger partial charge in [-0.15, -0.1) is 0 Å². The van der Waals surface area contributed by atoms with Crippen LogP contribution in [0, 0.1) is 0 Å². The van der Waals surface area contributed by atoms with Crippen molar-refractivity contribution >= 4 is 29.0 Å². The molecule has 0 saturated heterocycles. The minimum atomic E-state index is -1.27. The number of nitrogens with one attached hydrogen (secondary N) is 2. The highest BCUT2D eigenvalue weighted by molar-refractivity contribution is 5.87. The zero-order valence-electron chi connectivity index (χ0n) is 13.5. The average Bonchev–Trinajstić information content (AvgIpc) is 3.03. The quantitative estimate of drug-likeness (QED) is 0.495. The average molecular weight is 351 g/mol. The molecule has 134 valence electrons. The normalized spacial score (nSPS) is 25.9. The van der Waals surface area contributed by atoms with Crippen molar-refractivity contribution in [2.45, 2.75) is 44.6 Å². The Morgan fingerprint density at radius 1 is 1.36 bits per heavy atom. The molecule has 1 aliphatic rings. The van der Waals surface area contributed by atoms with Crippen LogP contribution >= 0.6 is 0 Å². The van der Waals surface area contributed by atoms with Crippen molar-refractivity contribution in [2.75, 3.05) is 5.32 Å². The van der Waals surface area contributed by atoms with Gasteiger partial charge in [-0.25, -0.2) is 4.98 Å². The van der Waals surface area contributed by atoms with E-state index in [-0.39, 0.29) is 23.5 Å². The van der Waals surface area contributed by atoms with Crippen LogP contribution in [0.5, 0.6) is 0 Å².